The van der Waals surface area contributed by atoms with Crippen molar-refractivity contribution in [2.45, 2.75) is 0 Å². The molecule has 0 aliphatic carbocycles. The molecule has 108 valence electrons. The summed E-state index contributed by atoms with van der Waals surface area (Å²) in [5.74, 6) is 0. The van der Waals surface area contributed by atoms with Gasteiger partial charge in [0.15, 0.2) is 5.65 Å². The van der Waals surface area contributed by atoms with Gasteiger partial charge in [-0.05, 0) is 12.1 Å². The van der Waals surface area contributed by atoms with E-state index < -0.39 is 11.2 Å². The Kier molecular flexibility index (Phi) is 2.52. The van der Waals surface area contributed by atoms with Crippen LogP contribution in [0.15, 0.2) is 52.7 Å². The quantitative estimate of drug-likeness (QED) is 0.538. The fraction of sp³-hybridized carbons (Fsp3) is 0. The molecule has 9 nitrogen and oxygen atoms in total. The van der Waals surface area contributed by atoms with E-state index in [9.17, 15) is 9.59 Å². The summed E-state index contributed by atoms with van der Waals surface area (Å²) in [6.07, 6.45) is 8.03. The van der Waals surface area contributed by atoms with Crippen molar-refractivity contribution in [3.8, 4) is 16.9 Å². The highest BCUT2D eigenvalue weighted by Crippen LogP contribution is 2.19. The highest BCUT2D eigenvalue weighted by atomic mass is 16.2. The lowest BCUT2D eigenvalue weighted by Gasteiger charge is -2.06. The first-order valence-electron chi connectivity index (χ1n) is 6.39. The van der Waals surface area contributed by atoms with Gasteiger partial charge in [0.05, 0.1) is 5.56 Å². The Morgan fingerprint density at radius 2 is 2.05 bits per heavy atom. The average molecular weight is 295 g/mol. The first kappa shape index (κ1) is 12.3. The molecule has 2 N–H and O–H groups in total. The first-order valence-corrected chi connectivity index (χ1v) is 6.39. The van der Waals surface area contributed by atoms with E-state index in [0.717, 1.165) is 0 Å². The highest BCUT2D eigenvalue weighted by molar-refractivity contribution is 5.66. The Balaban J connectivity index is 2.03. The molecule has 0 saturated heterocycles. The Labute approximate surface area is 121 Å². The van der Waals surface area contributed by atoms with Gasteiger partial charge in [-0.15, -0.1) is 0 Å². The van der Waals surface area contributed by atoms with Gasteiger partial charge < -0.3 is 4.98 Å². The molecular weight excluding hydrogens is 286 g/mol. The second-order valence-corrected chi connectivity index (χ2v) is 4.55. The van der Waals surface area contributed by atoms with Crippen LogP contribution in [-0.2, 0) is 0 Å². The lowest BCUT2D eigenvalue weighted by Crippen LogP contribution is -2.23. The number of nitrogens with one attached hydrogen (secondary N) is 2. The zero-order valence-corrected chi connectivity index (χ0v) is 11.1. The number of hydrogen-bond acceptors (Lipinski definition) is 5. The molecule has 0 unspecified atom stereocenters. The molecule has 0 atom stereocenters. The minimum Gasteiger partial charge on any atom is -0.313 e. The number of aromatic amines is 2. The van der Waals surface area contributed by atoms with Crippen LogP contribution in [0.4, 0.5) is 0 Å². The molecule has 4 rings (SSSR count). The van der Waals surface area contributed by atoms with Crippen LogP contribution >= 0.6 is 0 Å². The Morgan fingerprint density at radius 3 is 2.82 bits per heavy atom. The predicted octanol–water partition coefficient (Wildman–Crippen LogP) is -0.0414. The number of rotatable bonds is 2. The molecule has 9 heteroatoms. The minimum absolute atomic E-state index is 0.253. The Hall–Kier alpha value is -3.49. The highest BCUT2D eigenvalue weighted by Gasteiger charge is 2.13. The Morgan fingerprint density at radius 1 is 1.14 bits per heavy atom. The van der Waals surface area contributed by atoms with Gasteiger partial charge in [-0.3, -0.25) is 9.78 Å². The van der Waals surface area contributed by atoms with Crippen molar-refractivity contribution in [3.05, 3.63) is 64.0 Å². The predicted molar refractivity (Wildman–Crippen MR) is 76.8 cm³/mol. The van der Waals surface area contributed by atoms with Crippen molar-refractivity contribution in [1.82, 2.24) is 34.3 Å². The maximum Gasteiger partial charge on any atom is 0.325 e. The van der Waals surface area contributed by atoms with Gasteiger partial charge in [0.2, 0.25) is 0 Å². The third-order valence-electron chi connectivity index (χ3n) is 3.19. The van der Waals surface area contributed by atoms with Gasteiger partial charge in [0.1, 0.15) is 11.4 Å². The standard InChI is InChI=1S/C13H9N7O2/c21-12-8(7-15-13(22)17-12)9-6-10(19-4-1-2-16-19)11-14-3-5-20(11)18-9/h1-7H,(H2,15,17,21,22). The number of aromatic nitrogens is 7. The summed E-state index contributed by atoms with van der Waals surface area (Å²) in [5.41, 5.74) is 0.850. The van der Waals surface area contributed by atoms with Crippen LogP contribution in [0.5, 0.6) is 0 Å². The third-order valence-corrected chi connectivity index (χ3v) is 3.19. The molecule has 0 bridgehead atoms. The van der Waals surface area contributed by atoms with Crippen LogP contribution in [-0.4, -0.2) is 34.3 Å². The zero-order valence-electron chi connectivity index (χ0n) is 11.1. The van der Waals surface area contributed by atoms with Crippen LogP contribution in [0.1, 0.15) is 0 Å². The van der Waals surface area contributed by atoms with Crippen LogP contribution in [0.3, 0.4) is 0 Å². The summed E-state index contributed by atoms with van der Waals surface area (Å²) in [6.45, 7) is 0. The summed E-state index contributed by atoms with van der Waals surface area (Å²) in [4.78, 5) is 31.9. The molecule has 4 aromatic rings. The topological polar surface area (TPSA) is 114 Å². The molecule has 0 aliphatic heterocycles. The SMILES string of the molecule is O=c1[nH]cc(-c2cc(-n3cccn3)c3nccn3n2)c(=O)[nH]1. The van der Waals surface area contributed by atoms with Crippen molar-refractivity contribution < 1.29 is 0 Å². The molecule has 0 aliphatic rings. The van der Waals surface area contributed by atoms with Crippen LogP contribution in [0.25, 0.3) is 22.6 Å². The second-order valence-electron chi connectivity index (χ2n) is 4.55. The van der Waals surface area contributed by atoms with E-state index in [4.69, 9.17) is 0 Å². The summed E-state index contributed by atoms with van der Waals surface area (Å²) < 4.78 is 3.18. The summed E-state index contributed by atoms with van der Waals surface area (Å²) >= 11 is 0. The van der Waals surface area contributed by atoms with E-state index in [1.807, 2.05) is 0 Å². The van der Waals surface area contributed by atoms with Crippen molar-refractivity contribution in [2.24, 2.45) is 0 Å². The molecule has 0 saturated carbocycles. The molecule has 0 amide bonds. The monoisotopic (exact) mass is 295 g/mol. The van der Waals surface area contributed by atoms with Gasteiger partial charge in [0.25, 0.3) is 5.56 Å². The lowest BCUT2D eigenvalue weighted by molar-refractivity contribution is 0.853. The number of nitrogens with zero attached hydrogens (tertiary/aromatic N) is 5. The third kappa shape index (κ3) is 1.84. The van der Waals surface area contributed by atoms with Crippen molar-refractivity contribution in [3.63, 3.8) is 0 Å². The molecular formula is C13H9N7O2. The summed E-state index contributed by atoms with van der Waals surface area (Å²) in [7, 11) is 0. The normalized spacial score (nSPS) is 11.1. The summed E-state index contributed by atoms with van der Waals surface area (Å²) in [5, 5.41) is 8.52. The largest absolute Gasteiger partial charge is 0.325 e. The average Bonchev–Trinajstić information content (AvgIpc) is 3.17. The van der Waals surface area contributed by atoms with E-state index in [-0.39, 0.29) is 5.56 Å². The molecule has 22 heavy (non-hydrogen) atoms. The minimum atomic E-state index is -0.565. The fourth-order valence-electron chi connectivity index (χ4n) is 2.21. The van der Waals surface area contributed by atoms with Crippen LogP contribution in [0.2, 0.25) is 0 Å². The Bertz CT molecular complexity index is 1070. The van der Waals surface area contributed by atoms with Crippen molar-refractivity contribution in [1.29, 1.82) is 0 Å². The van der Waals surface area contributed by atoms with E-state index in [1.54, 1.807) is 46.1 Å². The number of hydrogen-bond donors (Lipinski definition) is 2. The van der Waals surface area contributed by atoms with Crippen LogP contribution < -0.4 is 11.2 Å². The maximum atomic E-state index is 11.9. The number of fused-ring (bicyclic) bond motifs is 1. The van der Waals surface area contributed by atoms with Gasteiger partial charge in [-0.25, -0.2) is 19.0 Å². The first-order chi connectivity index (χ1) is 10.7. The van der Waals surface area contributed by atoms with Crippen molar-refractivity contribution in [2.75, 3.05) is 0 Å². The molecule has 0 fully saturated rings. The lowest BCUT2D eigenvalue weighted by atomic mass is 10.2. The van der Waals surface area contributed by atoms with E-state index in [1.165, 1.54) is 6.20 Å². The van der Waals surface area contributed by atoms with Gasteiger partial charge >= 0.3 is 5.69 Å². The van der Waals surface area contributed by atoms with E-state index in [2.05, 4.69) is 25.1 Å². The molecule has 4 heterocycles. The smallest absolute Gasteiger partial charge is 0.313 e. The van der Waals surface area contributed by atoms with E-state index in [0.29, 0.717) is 17.0 Å². The van der Waals surface area contributed by atoms with E-state index >= 15 is 0 Å². The molecule has 0 aromatic carbocycles. The number of H-pyrrole nitrogens is 2. The zero-order chi connectivity index (χ0) is 15.1. The number of imidazole rings is 1. The van der Waals surface area contributed by atoms with Gasteiger partial charge in [0, 0.05) is 31.0 Å². The fourth-order valence-corrected chi connectivity index (χ4v) is 2.21. The van der Waals surface area contributed by atoms with Crippen molar-refractivity contribution >= 4 is 5.65 Å². The maximum absolute atomic E-state index is 11.9. The van der Waals surface area contributed by atoms with Gasteiger partial charge in [-0.1, -0.05) is 0 Å². The second kappa shape index (κ2) is 4.52. The molecule has 4 aromatic heterocycles. The molecule has 0 spiro atoms. The summed E-state index contributed by atoms with van der Waals surface area (Å²) in [6, 6.07) is 3.48. The van der Waals surface area contributed by atoms with Crippen LogP contribution in [0, 0.1) is 0 Å². The van der Waals surface area contributed by atoms with Gasteiger partial charge in [-0.2, -0.15) is 10.2 Å². The molecule has 0 radical (unpaired) electrons.